The van der Waals surface area contributed by atoms with E-state index in [4.69, 9.17) is 5.73 Å². The lowest BCUT2D eigenvalue weighted by atomic mass is 9.90. The fourth-order valence-electron chi connectivity index (χ4n) is 2.59. The van der Waals surface area contributed by atoms with Crippen LogP contribution in [0.4, 0.5) is 0 Å². The Balaban J connectivity index is 2.30. The van der Waals surface area contributed by atoms with Gasteiger partial charge in [0.1, 0.15) is 0 Å². The highest BCUT2D eigenvalue weighted by Gasteiger charge is 2.24. The molecule has 1 rings (SSSR count). The molecular formula is C13H28N2. The van der Waals surface area contributed by atoms with Crippen LogP contribution in [0.1, 0.15) is 46.5 Å². The van der Waals surface area contributed by atoms with Crippen molar-refractivity contribution in [3.8, 4) is 0 Å². The topological polar surface area (TPSA) is 29.3 Å². The third-order valence-electron chi connectivity index (χ3n) is 4.27. The zero-order chi connectivity index (χ0) is 11.3. The van der Waals surface area contributed by atoms with Crippen molar-refractivity contribution in [2.75, 3.05) is 19.6 Å². The Morgan fingerprint density at radius 1 is 1.27 bits per heavy atom. The van der Waals surface area contributed by atoms with Gasteiger partial charge in [0.05, 0.1) is 0 Å². The van der Waals surface area contributed by atoms with Crippen LogP contribution in [0.3, 0.4) is 0 Å². The number of nitrogens with zero attached hydrogens (tertiary/aromatic N) is 1. The molecule has 1 aliphatic rings. The number of piperidine rings is 1. The van der Waals surface area contributed by atoms with Gasteiger partial charge >= 0.3 is 0 Å². The molecule has 1 fully saturated rings. The van der Waals surface area contributed by atoms with Crippen LogP contribution in [0.2, 0.25) is 0 Å². The van der Waals surface area contributed by atoms with Gasteiger partial charge in [-0.15, -0.1) is 0 Å². The predicted octanol–water partition coefficient (Wildman–Crippen LogP) is 2.48. The Morgan fingerprint density at radius 3 is 2.33 bits per heavy atom. The molecule has 1 heterocycles. The first-order valence-corrected chi connectivity index (χ1v) is 6.63. The molecule has 0 amide bonds. The molecule has 0 aliphatic carbocycles. The van der Waals surface area contributed by atoms with Crippen molar-refractivity contribution in [2.45, 2.75) is 52.5 Å². The second kappa shape index (κ2) is 6.49. The summed E-state index contributed by atoms with van der Waals surface area (Å²) in [6.07, 6.45) is 5.24. The normalized spacial score (nSPS) is 24.0. The van der Waals surface area contributed by atoms with Gasteiger partial charge in [-0.1, -0.05) is 20.3 Å². The highest BCUT2D eigenvalue weighted by atomic mass is 15.2. The fraction of sp³-hybridized carbons (Fsp3) is 1.00. The smallest absolute Gasteiger partial charge is 0.00924 e. The van der Waals surface area contributed by atoms with Gasteiger partial charge in [-0.25, -0.2) is 0 Å². The summed E-state index contributed by atoms with van der Waals surface area (Å²) in [4.78, 5) is 2.67. The van der Waals surface area contributed by atoms with Crippen molar-refractivity contribution in [1.82, 2.24) is 4.90 Å². The van der Waals surface area contributed by atoms with Gasteiger partial charge in [-0.3, -0.25) is 0 Å². The standard InChI is InChI=1S/C13H28N2/c1-4-11(2)12(3)15-9-6-13(5-8-14)7-10-15/h11-13H,4-10,14H2,1-3H3. The van der Waals surface area contributed by atoms with E-state index >= 15 is 0 Å². The first-order chi connectivity index (χ1) is 7.19. The average molecular weight is 212 g/mol. The summed E-state index contributed by atoms with van der Waals surface area (Å²) in [6, 6.07) is 0.758. The van der Waals surface area contributed by atoms with Gasteiger partial charge in [0.25, 0.3) is 0 Å². The minimum absolute atomic E-state index is 0.758. The molecule has 2 nitrogen and oxygen atoms in total. The van der Waals surface area contributed by atoms with Crippen LogP contribution in [0.5, 0.6) is 0 Å². The van der Waals surface area contributed by atoms with E-state index in [-0.39, 0.29) is 0 Å². The van der Waals surface area contributed by atoms with Gasteiger partial charge in [0.2, 0.25) is 0 Å². The number of nitrogens with two attached hydrogens (primary N) is 1. The van der Waals surface area contributed by atoms with E-state index in [9.17, 15) is 0 Å². The van der Waals surface area contributed by atoms with Crippen molar-refractivity contribution < 1.29 is 0 Å². The van der Waals surface area contributed by atoms with Crippen LogP contribution < -0.4 is 5.73 Å². The molecule has 0 aromatic heterocycles. The highest BCUT2D eigenvalue weighted by molar-refractivity contribution is 4.78. The van der Waals surface area contributed by atoms with Crippen molar-refractivity contribution in [3.05, 3.63) is 0 Å². The molecular weight excluding hydrogens is 184 g/mol. The zero-order valence-corrected chi connectivity index (χ0v) is 10.7. The SMILES string of the molecule is CCC(C)C(C)N1CCC(CCN)CC1. The number of hydrogen-bond donors (Lipinski definition) is 1. The molecule has 15 heavy (non-hydrogen) atoms. The van der Waals surface area contributed by atoms with E-state index in [1.54, 1.807) is 0 Å². The summed E-state index contributed by atoms with van der Waals surface area (Å²) in [5, 5.41) is 0. The van der Waals surface area contributed by atoms with Crippen LogP contribution in [-0.2, 0) is 0 Å². The molecule has 0 spiro atoms. The molecule has 0 saturated carbocycles. The van der Waals surface area contributed by atoms with Crippen molar-refractivity contribution >= 4 is 0 Å². The second-order valence-electron chi connectivity index (χ2n) is 5.18. The largest absolute Gasteiger partial charge is 0.330 e. The maximum atomic E-state index is 5.61. The highest BCUT2D eigenvalue weighted by Crippen LogP contribution is 2.24. The van der Waals surface area contributed by atoms with Crippen LogP contribution >= 0.6 is 0 Å². The summed E-state index contributed by atoms with van der Waals surface area (Å²) in [7, 11) is 0. The molecule has 1 aliphatic heterocycles. The summed E-state index contributed by atoms with van der Waals surface area (Å²) in [5.41, 5.74) is 5.61. The lowest BCUT2D eigenvalue weighted by molar-refractivity contribution is 0.106. The third kappa shape index (κ3) is 3.76. The molecule has 0 aromatic carbocycles. The van der Waals surface area contributed by atoms with Crippen molar-refractivity contribution in [3.63, 3.8) is 0 Å². The van der Waals surface area contributed by atoms with Crippen LogP contribution in [0.25, 0.3) is 0 Å². The molecule has 0 radical (unpaired) electrons. The van der Waals surface area contributed by atoms with Gasteiger partial charge in [0.15, 0.2) is 0 Å². The van der Waals surface area contributed by atoms with Crippen LogP contribution in [-0.4, -0.2) is 30.6 Å². The first kappa shape index (κ1) is 13.0. The van der Waals surface area contributed by atoms with Crippen molar-refractivity contribution in [1.29, 1.82) is 0 Å². The summed E-state index contributed by atoms with van der Waals surface area (Å²) in [5.74, 6) is 1.73. The minimum Gasteiger partial charge on any atom is -0.330 e. The van der Waals surface area contributed by atoms with Crippen LogP contribution in [0.15, 0.2) is 0 Å². The minimum atomic E-state index is 0.758. The van der Waals surface area contributed by atoms with E-state index in [1.165, 1.54) is 38.8 Å². The molecule has 1 saturated heterocycles. The molecule has 0 aromatic rings. The van der Waals surface area contributed by atoms with E-state index in [0.29, 0.717) is 0 Å². The van der Waals surface area contributed by atoms with Gasteiger partial charge in [-0.2, -0.15) is 0 Å². The Labute approximate surface area is 95.2 Å². The average Bonchev–Trinajstić information content (AvgIpc) is 2.28. The Bertz CT molecular complexity index is 162. The summed E-state index contributed by atoms with van der Waals surface area (Å²) < 4.78 is 0. The molecule has 2 N–H and O–H groups in total. The number of rotatable bonds is 5. The summed E-state index contributed by atoms with van der Waals surface area (Å²) >= 11 is 0. The monoisotopic (exact) mass is 212 g/mol. The van der Waals surface area contributed by atoms with Gasteiger partial charge < -0.3 is 10.6 Å². The fourth-order valence-corrected chi connectivity index (χ4v) is 2.59. The van der Waals surface area contributed by atoms with E-state index in [1.807, 2.05) is 0 Å². The van der Waals surface area contributed by atoms with E-state index in [0.717, 1.165) is 24.4 Å². The molecule has 90 valence electrons. The first-order valence-electron chi connectivity index (χ1n) is 6.63. The predicted molar refractivity (Wildman–Crippen MR) is 66.9 cm³/mol. The summed E-state index contributed by atoms with van der Waals surface area (Å²) in [6.45, 7) is 10.5. The number of hydrogen-bond acceptors (Lipinski definition) is 2. The number of likely N-dealkylation sites (tertiary alicyclic amines) is 1. The Morgan fingerprint density at radius 2 is 1.87 bits per heavy atom. The lowest BCUT2D eigenvalue weighted by Crippen LogP contribution is -2.43. The Kier molecular flexibility index (Phi) is 5.62. The van der Waals surface area contributed by atoms with Crippen molar-refractivity contribution in [2.24, 2.45) is 17.6 Å². The third-order valence-corrected chi connectivity index (χ3v) is 4.27. The molecule has 2 heteroatoms. The van der Waals surface area contributed by atoms with Gasteiger partial charge in [0, 0.05) is 6.04 Å². The van der Waals surface area contributed by atoms with E-state index < -0.39 is 0 Å². The molecule has 0 bridgehead atoms. The van der Waals surface area contributed by atoms with Crippen LogP contribution in [0, 0.1) is 11.8 Å². The molecule has 2 unspecified atom stereocenters. The Hall–Kier alpha value is -0.0800. The quantitative estimate of drug-likeness (QED) is 0.758. The maximum absolute atomic E-state index is 5.61. The zero-order valence-electron chi connectivity index (χ0n) is 10.7. The van der Waals surface area contributed by atoms with Gasteiger partial charge in [-0.05, 0) is 57.7 Å². The lowest BCUT2D eigenvalue weighted by Gasteiger charge is -2.38. The molecule has 2 atom stereocenters. The maximum Gasteiger partial charge on any atom is 0.00924 e. The van der Waals surface area contributed by atoms with E-state index in [2.05, 4.69) is 25.7 Å². The second-order valence-corrected chi connectivity index (χ2v) is 5.18.